The number of aromatic nitrogens is 2. The Kier molecular flexibility index (Phi) is 1.99. The quantitative estimate of drug-likeness (QED) is 0.706. The molecule has 2 N–H and O–H groups in total. The molecule has 1 aromatic carbocycles. The fraction of sp³-hybridized carbons (Fsp3) is 0.308. The van der Waals surface area contributed by atoms with Crippen molar-refractivity contribution in [1.29, 1.82) is 0 Å². The monoisotopic (exact) mass is 213 g/mol. The zero-order chi connectivity index (χ0) is 11.1. The zero-order valence-electron chi connectivity index (χ0n) is 9.59. The molecule has 82 valence electrons. The number of aromatic amines is 1. The van der Waals surface area contributed by atoms with Gasteiger partial charge in [0.05, 0.1) is 6.20 Å². The van der Waals surface area contributed by atoms with E-state index in [0.29, 0.717) is 0 Å². The van der Waals surface area contributed by atoms with Crippen molar-refractivity contribution in [2.24, 2.45) is 0 Å². The van der Waals surface area contributed by atoms with Gasteiger partial charge in [-0.25, -0.2) is 0 Å². The van der Waals surface area contributed by atoms with Crippen molar-refractivity contribution in [3.8, 4) is 11.1 Å². The smallest absolute Gasteiger partial charge is 0.0569 e. The van der Waals surface area contributed by atoms with Gasteiger partial charge in [-0.1, -0.05) is 12.1 Å². The second kappa shape index (κ2) is 3.37. The molecule has 0 saturated carbocycles. The highest BCUT2D eigenvalue weighted by atomic mass is 15.1. The van der Waals surface area contributed by atoms with Crippen LogP contribution in [-0.2, 0) is 6.42 Å². The van der Waals surface area contributed by atoms with Gasteiger partial charge in [0.1, 0.15) is 0 Å². The Morgan fingerprint density at radius 3 is 2.94 bits per heavy atom. The maximum absolute atomic E-state index is 4.14. The molecule has 0 aliphatic carbocycles. The van der Waals surface area contributed by atoms with Crippen molar-refractivity contribution in [2.75, 3.05) is 11.9 Å². The van der Waals surface area contributed by atoms with E-state index in [9.17, 15) is 0 Å². The largest absolute Gasteiger partial charge is 0.384 e. The molecular weight excluding hydrogens is 198 g/mol. The lowest BCUT2D eigenvalue weighted by Gasteiger charge is -2.13. The first-order chi connectivity index (χ1) is 7.77. The molecule has 2 heterocycles. The van der Waals surface area contributed by atoms with Crippen LogP contribution in [0.1, 0.15) is 16.8 Å². The molecule has 0 bridgehead atoms. The molecule has 0 radical (unpaired) electrons. The number of aryl methyl sites for hydroxylation is 1. The Labute approximate surface area is 94.9 Å². The maximum Gasteiger partial charge on any atom is 0.0569 e. The number of hydrogen-bond donors (Lipinski definition) is 2. The lowest BCUT2D eigenvalue weighted by molar-refractivity contribution is 0.935. The van der Waals surface area contributed by atoms with Gasteiger partial charge in [0, 0.05) is 35.5 Å². The number of H-pyrrole nitrogens is 1. The van der Waals surface area contributed by atoms with Crippen molar-refractivity contribution < 1.29 is 0 Å². The van der Waals surface area contributed by atoms with Gasteiger partial charge in [-0.15, -0.1) is 0 Å². The standard InChI is InChI=1S/C13H15N3/c1-8-3-4-10-11-7-15-16-12(11)5-6-14-13(10)9(8)2/h3-4,7,14H,5-6H2,1-2H3,(H,15,16). The Balaban J connectivity index is 2.29. The maximum atomic E-state index is 4.14. The van der Waals surface area contributed by atoms with Gasteiger partial charge in [0.2, 0.25) is 0 Å². The van der Waals surface area contributed by atoms with Gasteiger partial charge in [0.25, 0.3) is 0 Å². The van der Waals surface area contributed by atoms with Crippen molar-refractivity contribution in [1.82, 2.24) is 10.2 Å². The molecular formula is C13H15N3. The van der Waals surface area contributed by atoms with Crippen LogP contribution in [-0.4, -0.2) is 16.7 Å². The van der Waals surface area contributed by atoms with Crippen LogP contribution in [0.15, 0.2) is 18.3 Å². The third kappa shape index (κ3) is 1.24. The SMILES string of the molecule is Cc1ccc2c(c1C)NCCc1[nH]ncc1-2. The molecule has 0 amide bonds. The molecule has 3 heteroatoms. The van der Waals surface area contributed by atoms with Crippen LogP contribution in [0.3, 0.4) is 0 Å². The average molecular weight is 213 g/mol. The molecule has 2 aromatic rings. The van der Waals surface area contributed by atoms with Crippen molar-refractivity contribution in [2.45, 2.75) is 20.3 Å². The van der Waals surface area contributed by atoms with Crippen molar-refractivity contribution in [3.05, 3.63) is 35.2 Å². The van der Waals surface area contributed by atoms with Crippen LogP contribution in [0.5, 0.6) is 0 Å². The molecule has 0 spiro atoms. The Hall–Kier alpha value is -1.77. The zero-order valence-corrected chi connectivity index (χ0v) is 9.59. The Bertz CT molecular complexity index is 540. The summed E-state index contributed by atoms with van der Waals surface area (Å²) in [6.07, 6.45) is 2.93. The number of nitrogens with zero attached hydrogens (tertiary/aromatic N) is 1. The van der Waals surface area contributed by atoms with Crippen LogP contribution in [0.25, 0.3) is 11.1 Å². The minimum absolute atomic E-state index is 0.965. The van der Waals surface area contributed by atoms with Gasteiger partial charge < -0.3 is 5.32 Å². The highest BCUT2D eigenvalue weighted by Gasteiger charge is 2.17. The minimum Gasteiger partial charge on any atom is -0.384 e. The number of nitrogens with one attached hydrogen (secondary N) is 2. The third-order valence-electron chi connectivity index (χ3n) is 3.42. The van der Waals surface area contributed by atoms with E-state index in [1.54, 1.807) is 0 Å². The summed E-state index contributed by atoms with van der Waals surface area (Å²) in [5.41, 5.74) is 7.67. The summed E-state index contributed by atoms with van der Waals surface area (Å²) in [4.78, 5) is 0. The van der Waals surface area contributed by atoms with Crippen LogP contribution in [0, 0.1) is 13.8 Å². The number of anilines is 1. The van der Waals surface area contributed by atoms with E-state index >= 15 is 0 Å². The van der Waals surface area contributed by atoms with Gasteiger partial charge in [-0.05, 0) is 25.0 Å². The second-order valence-electron chi connectivity index (χ2n) is 4.37. The van der Waals surface area contributed by atoms with Gasteiger partial charge >= 0.3 is 0 Å². The number of benzene rings is 1. The van der Waals surface area contributed by atoms with Crippen LogP contribution in [0.2, 0.25) is 0 Å². The van der Waals surface area contributed by atoms with E-state index in [1.165, 1.54) is 33.6 Å². The highest BCUT2D eigenvalue weighted by molar-refractivity contribution is 5.82. The summed E-state index contributed by atoms with van der Waals surface area (Å²) in [6, 6.07) is 4.36. The van der Waals surface area contributed by atoms with Crippen LogP contribution in [0.4, 0.5) is 5.69 Å². The molecule has 1 aliphatic rings. The van der Waals surface area contributed by atoms with Crippen LogP contribution >= 0.6 is 0 Å². The molecule has 0 atom stereocenters. The van der Waals surface area contributed by atoms with E-state index in [2.05, 4.69) is 41.5 Å². The lowest BCUT2D eigenvalue weighted by atomic mass is 9.98. The molecule has 3 rings (SSSR count). The molecule has 0 fully saturated rings. The van der Waals surface area contributed by atoms with E-state index in [0.717, 1.165) is 13.0 Å². The number of rotatable bonds is 0. The summed E-state index contributed by atoms with van der Waals surface area (Å²) >= 11 is 0. The van der Waals surface area contributed by atoms with Crippen molar-refractivity contribution >= 4 is 5.69 Å². The first-order valence-electron chi connectivity index (χ1n) is 5.64. The van der Waals surface area contributed by atoms with Gasteiger partial charge in [-0.3, -0.25) is 5.10 Å². The predicted molar refractivity (Wildman–Crippen MR) is 65.7 cm³/mol. The van der Waals surface area contributed by atoms with Gasteiger partial charge in [-0.2, -0.15) is 5.10 Å². The molecule has 0 saturated heterocycles. The molecule has 3 nitrogen and oxygen atoms in total. The van der Waals surface area contributed by atoms with Crippen molar-refractivity contribution in [3.63, 3.8) is 0 Å². The molecule has 1 aromatic heterocycles. The first-order valence-corrected chi connectivity index (χ1v) is 5.64. The average Bonchev–Trinajstić information content (AvgIpc) is 2.66. The van der Waals surface area contributed by atoms with E-state index in [1.807, 2.05) is 6.20 Å². The molecule has 0 unspecified atom stereocenters. The topological polar surface area (TPSA) is 40.7 Å². The van der Waals surface area contributed by atoms with Crippen LogP contribution < -0.4 is 5.32 Å². The Morgan fingerprint density at radius 1 is 1.19 bits per heavy atom. The molecule has 16 heavy (non-hydrogen) atoms. The van der Waals surface area contributed by atoms with E-state index in [-0.39, 0.29) is 0 Å². The third-order valence-corrected chi connectivity index (χ3v) is 3.42. The van der Waals surface area contributed by atoms with E-state index in [4.69, 9.17) is 0 Å². The van der Waals surface area contributed by atoms with Gasteiger partial charge in [0.15, 0.2) is 0 Å². The second-order valence-corrected chi connectivity index (χ2v) is 4.37. The predicted octanol–water partition coefficient (Wildman–Crippen LogP) is 2.66. The highest BCUT2D eigenvalue weighted by Crippen LogP contribution is 2.35. The number of fused-ring (bicyclic) bond motifs is 3. The lowest BCUT2D eigenvalue weighted by Crippen LogP contribution is -2.04. The number of hydrogen-bond acceptors (Lipinski definition) is 2. The Morgan fingerprint density at radius 2 is 2.06 bits per heavy atom. The fourth-order valence-corrected chi connectivity index (χ4v) is 2.32. The summed E-state index contributed by atoms with van der Waals surface area (Å²) < 4.78 is 0. The fourth-order valence-electron chi connectivity index (χ4n) is 2.32. The first kappa shape index (κ1) is 9.46. The molecule has 1 aliphatic heterocycles. The summed E-state index contributed by atoms with van der Waals surface area (Å²) in [7, 11) is 0. The summed E-state index contributed by atoms with van der Waals surface area (Å²) in [5.74, 6) is 0. The normalized spacial score (nSPS) is 13.6. The van der Waals surface area contributed by atoms with E-state index < -0.39 is 0 Å². The summed E-state index contributed by atoms with van der Waals surface area (Å²) in [5, 5.41) is 10.7. The summed E-state index contributed by atoms with van der Waals surface area (Å²) in [6.45, 7) is 5.29. The minimum atomic E-state index is 0.965.